The van der Waals surface area contributed by atoms with Crippen molar-refractivity contribution in [3.05, 3.63) is 99.9 Å². The number of alkyl halides is 3. The van der Waals surface area contributed by atoms with Crippen LogP contribution in [0.25, 0.3) is 11.3 Å². The summed E-state index contributed by atoms with van der Waals surface area (Å²) in [6.07, 6.45) is -6.36. The molecular formula is C46H53Cl2F3N6O6. The Bertz CT molecular complexity index is 2290. The second-order valence-electron chi connectivity index (χ2n) is 17.1. The molecule has 2 saturated heterocycles. The van der Waals surface area contributed by atoms with E-state index in [-0.39, 0.29) is 31.8 Å². The van der Waals surface area contributed by atoms with Crippen molar-refractivity contribution in [3.8, 4) is 22.8 Å². The van der Waals surface area contributed by atoms with Crippen LogP contribution < -0.4 is 10.1 Å². The summed E-state index contributed by atoms with van der Waals surface area (Å²) >= 11 is 12.6. The molecule has 0 radical (unpaired) electrons. The van der Waals surface area contributed by atoms with Gasteiger partial charge in [0.2, 0.25) is 17.7 Å². The maximum absolute atomic E-state index is 14.5. The monoisotopic (exact) mass is 912 g/mol. The fourth-order valence-electron chi connectivity index (χ4n) is 8.46. The molecule has 63 heavy (non-hydrogen) atoms. The maximum atomic E-state index is 14.5. The quantitative estimate of drug-likeness (QED) is 0.157. The highest BCUT2D eigenvalue weighted by atomic mass is 35.5. The van der Waals surface area contributed by atoms with Crippen LogP contribution in [-0.4, -0.2) is 104 Å². The summed E-state index contributed by atoms with van der Waals surface area (Å²) in [5, 5.41) is 14.7. The van der Waals surface area contributed by atoms with E-state index in [1.54, 1.807) is 54.7 Å². The van der Waals surface area contributed by atoms with Gasteiger partial charge in [-0.1, -0.05) is 41.4 Å². The zero-order valence-corrected chi connectivity index (χ0v) is 37.4. The Morgan fingerprint density at radius 2 is 1.68 bits per heavy atom. The average molecular weight is 914 g/mol. The van der Waals surface area contributed by atoms with Crippen molar-refractivity contribution in [2.45, 2.75) is 89.3 Å². The number of halogens is 5. The molecule has 6 rings (SSSR count). The molecule has 2 bridgehead atoms. The Labute approximate surface area is 375 Å². The number of nitrogens with zero attached hydrogens (tertiary/aromatic N) is 5. The summed E-state index contributed by atoms with van der Waals surface area (Å²) in [7, 11) is 5.85. The second-order valence-corrected chi connectivity index (χ2v) is 18.0. The van der Waals surface area contributed by atoms with Crippen LogP contribution in [0.5, 0.6) is 11.5 Å². The van der Waals surface area contributed by atoms with Crippen molar-refractivity contribution >= 4 is 46.7 Å². The molecule has 3 amide bonds. The number of ether oxygens (including phenoxy) is 1. The van der Waals surface area contributed by atoms with Crippen molar-refractivity contribution in [1.29, 1.82) is 0 Å². The molecule has 2 fully saturated rings. The van der Waals surface area contributed by atoms with Gasteiger partial charge in [-0.05, 0) is 101 Å². The number of benzene rings is 3. The third-order valence-corrected chi connectivity index (χ3v) is 12.4. The molecule has 2 aliphatic heterocycles. The van der Waals surface area contributed by atoms with Crippen molar-refractivity contribution < 1.29 is 42.2 Å². The van der Waals surface area contributed by atoms with Crippen LogP contribution in [0.2, 0.25) is 10.0 Å². The number of aliphatic hydroxyl groups excluding tert-OH is 1. The molecule has 1 aromatic heterocycles. The number of imidazole rings is 1. The first-order valence-corrected chi connectivity index (χ1v) is 21.6. The standard InChI is InChI=1S/C46H53Cl2F3N6O6/c1-28-39(59)21-37(29(2)58)43(61)53-45(22-30-7-12-34(47)13-8-30)17-6-18-56(27-45)44(62)33(23-46(49,50)51)19-42(60)57(28)25-32-9-14-35(48)20-40(32)63-36-15-10-31(11-16-36)38-24-52-41(55(38)5)26-54(3)4/h7-16,20,24,28-29,33,37,58H,6,17-19,21-23,25-27H2,1-5H3,(H,53,61)/t28-,29-,33-,37?,45+/m0/s1. The predicted octanol–water partition coefficient (Wildman–Crippen LogP) is 7.61. The number of carbonyl (C=O) groups is 4. The molecule has 1 unspecified atom stereocenters. The number of nitrogens with one attached hydrogen (secondary N) is 1. The first kappa shape index (κ1) is 47.5. The minimum absolute atomic E-state index is 0.101. The number of rotatable bonds is 11. The second kappa shape index (κ2) is 19.8. The summed E-state index contributed by atoms with van der Waals surface area (Å²) in [4.78, 5) is 66.2. The third kappa shape index (κ3) is 12.0. The Hall–Kier alpha value is -4.96. The molecule has 2 aliphatic rings. The van der Waals surface area contributed by atoms with Crippen LogP contribution >= 0.6 is 23.2 Å². The van der Waals surface area contributed by atoms with Crippen LogP contribution in [0.15, 0.2) is 72.9 Å². The van der Waals surface area contributed by atoms with E-state index >= 15 is 0 Å². The maximum Gasteiger partial charge on any atom is 0.389 e. The van der Waals surface area contributed by atoms with Crippen LogP contribution in [-0.2, 0) is 45.7 Å². The van der Waals surface area contributed by atoms with E-state index in [1.807, 2.05) is 42.7 Å². The van der Waals surface area contributed by atoms with E-state index in [0.717, 1.165) is 27.5 Å². The van der Waals surface area contributed by atoms with E-state index in [2.05, 4.69) is 10.3 Å². The highest BCUT2D eigenvalue weighted by Gasteiger charge is 2.46. The van der Waals surface area contributed by atoms with Crippen LogP contribution in [0.1, 0.15) is 62.9 Å². The topological polar surface area (TPSA) is 137 Å². The minimum atomic E-state index is -4.81. The van der Waals surface area contributed by atoms with Gasteiger partial charge in [0, 0.05) is 54.2 Å². The lowest BCUT2D eigenvalue weighted by Crippen LogP contribution is -2.63. The van der Waals surface area contributed by atoms with Crippen molar-refractivity contribution in [2.24, 2.45) is 18.9 Å². The predicted molar refractivity (Wildman–Crippen MR) is 233 cm³/mol. The Balaban J connectivity index is 1.33. The molecule has 0 saturated carbocycles. The molecule has 0 aliphatic carbocycles. The highest BCUT2D eigenvalue weighted by molar-refractivity contribution is 6.31. The van der Waals surface area contributed by atoms with E-state index in [4.69, 9.17) is 27.9 Å². The fraction of sp³-hybridized carbons (Fsp3) is 0.457. The number of aliphatic hydroxyl groups is 1. The molecule has 12 nitrogen and oxygen atoms in total. The van der Waals surface area contributed by atoms with E-state index < -0.39 is 78.5 Å². The zero-order chi connectivity index (χ0) is 45.8. The molecule has 338 valence electrons. The molecule has 3 heterocycles. The number of carbonyl (C=O) groups excluding carboxylic acids is 4. The van der Waals surface area contributed by atoms with Crippen molar-refractivity contribution in [1.82, 2.24) is 29.6 Å². The van der Waals surface area contributed by atoms with Gasteiger partial charge in [-0.2, -0.15) is 13.2 Å². The minimum Gasteiger partial charge on any atom is -0.457 e. The number of fused-ring (bicyclic) bond motifs is 2. The first-order valence-electron chi connectivity index (χ1n) is 20.8. The van der Waals surface area contributed by atoms with E-state index in [1.165, 1.54) is 24.8 Å². The summed E-state index contributed by atoms with van der Waals surface area (Å²) in [5.74, 6) is -4.63. The van der Waals surface area contributed by atoms with Crippen molar-refractivity contribution in [3.63, 3.8) is 0 Å². The van der Waals surface area contributed by atoms with Crippen LogP contribution in [0.3, 0.4) is 0 Å². The molecule has 0 spiro atoms. The molecule has 2 N–H and O–H groups in total. The number of amides is 3. The molecular weight excluding hydrogens is 860 g/mol. The summed E-state index contributed by atoms with van der Waals surface area (Å²) in [6.45, 7) is 3.08. The first-order chi connectivity index (χ1) is 29.7. The molecule has 3 aromatic carbocycles. The van der Waals surface area contributed by atoms with Gasteiger partial charge in [-0.3, -0.25) is 19.2 Å². The fourth-order valence-corrected chi connectivity index (χ4v) is 8.75. The summed E-state index contributed by atoms with van der Waals surface area (Å²) < 4.78 is 51.2. The van der Waals surface area contributed by atoms with Gasteiger partial charge in [0.05, 0.1) is 60.9 Å². The Kier molecular flexibility index (Phi) is 15.0. The third-order valence-electron chi connectivity index (χ3n) is 11.9. The normalized spacial score (nSPS) is 22.3. The van der Waals surface area contributed by atoms with Crippen molar-refractivity contribution in [2.75, 3.05) is 27.2 Å². The van der Waals surface area contributed by atoms with E-state index in [9.17, 15) is 37.5 Å². The summed E-state index contributed by atoms with van der Waals surface area (Å²) in [6, 6.07) is 17.4. The lowest BCUT2D eigenvalue weighted by molar-refractivity contribution is -0.164. The molecule has 4 aromatic rings. The highest BCUT2D eigenvalue weighted by Crippen LogP contribution is 2.36. The number of aromatic nitrogens is 2. The smallest absolute Gasteiger partial charge is 0.389 e. The van der Waals surface area contributed by atoms with Gasteiger partial charge in [-0.15, -0.1) is 0 Å². The van der Waals surface area contributed by atoms with Crippen LogP contribution in [0, 0.1) is 11.8 Å². The number of ketones is 1. The van der Waals surface area contributed by atoms with Gasteiger partial charge in [0.15, 0.2) is 5.78 Å². The van der Waals surface area contributed by atoms with Gasteiger partial charge in [0.25, 0.3) is 0 Å². The zero-order valence-electron chi connectivity index (χ0n) is 35.9. The number of hydrogen-bond donors (Lipinski definition) is 2. The Morgan fingerprint density at radius 1 is 1.00 bits per heavy atom. The van der Waals surface area contributed by atoms with Gasteiger partial charge < -0.3 is 34.4 Å². The largest absolute Gasteiger partial charge is 0.457 e. The Morgan fingerprint density at radius 3 is 2.33 bits per heavy atom. The lowest BCUT2D eigenvalue weighted by Gasteiger charge is -2.45. The lowest BCUT2D eigenvalue weighted by atomic mass is 9.81. The molecule has 5 atom stereocenters. The van der Waals surface area contributed by atoms with Gasteiger partial charge in [-0.25, -0.2) is 4.98 Å². The van der Waals surface area contributed by atoms with E-state index in [0.29, 0.717) is 40.7 Å². The summed E-state index contributed by atoms with van der Waals surface area (Å²) in [5.41, 5.74) is 1.71. The van der Waals surface area contributed by atoms with Crippen LogP contribution in [0.4, 0.5) is 13.2 Å². The van der Waals surface area contributed by atoms with Gasteiger partial charge >= 0.3 is 6.18 Å². The number of hydrogen-bond acceptors (Lipinski definition) is 8. The molecule has 17 heteroatoms. The number of Topliss-reactive ketones (excluding diaryl/α,β-unsaturated/α-hetero) is 1. The SMILES string of the molecule is C[C@H](O)C1CC(=O)[C@H](C)N(Cc2ccc(Cl)cc2Oc2ccc(-c3cnc(CN(C)C)n3C)cc2)C(=O)C[C@@H](CC(F)(F)F)C(=O)N2CCC[C@@](Cc3ccc(Cl)cc3)(C2)NC1=O. The average Bonchev–Trinajstić information content (AvgIpc) is 3.57. The van der Waals surface area contributed by atoms with Gasteiger partial charge in [0.1, 0.15) is 17.3 Å². The number of piperidine rings is 1.